The number of esters is 1. The SMILES string of the molecule is Cc1nn(C)c2sc(C(=O)OCC3CC=CCC3C)cc12. The lowest BCUT2D eigenvalue weighted by molar-refractivity contribution is 0.0401. The Balaban J connectivity index is 1.69. The lowest BCUT2D eigenvalue weighted by Gasteiger charge is -2.24. The number of hydrogen-bond donors (Lipinski definition) is 0. The molecule has 0 N–H and O–H groups in total. The molecule has 0 spiro atoms. The number of carbonyl (C=O) groups is 1. The average Bonchev–Trinajstić information content (AvgIpc) is 3.00. The van der Waals surface area contributed by atoms with Gasteiger partial charge in [-0.15, -0.1) is 11.3 Å². The van der Waals surface area contributed by atoms with Crippen LogP contribution in [0.1, 0.15) is 35.1 Å². The predicted molar refractivity (Wildman–Crippen MR) is 84.6 cm³/mol. The Labute approximate surface area is 128 Å². The summed E-state index contributed by atoms with van der Waals surface area (Å²) in [7, 11) is 1.90. The molecule has 5 heteroatoms. The van der Waals surface area contributed by atoms with Gasteiger partial charge >= 0.3 is 5.97 Å². The molecule has 2 aromatic rings. The van der Waals surface area contributed by atoms with Gasteiger partial charge in [0.2, 0.25) is 0 Å². The van der Waals surface area contributed by atoms with Crippen LogP contribution in [0.3, 0.4) is 0 Å². The Morgan fingerprint density at radius 3 is 2.95 bits per heavy atom. The van der Waals surface area contributed by atoms with E-state index >= 15 is 0 Å². The molecule has 0 aliphatic heterocycles. The van der Waals surface area contributed by atoms with E-state index in [4.69, 9.17) is 4.74 Å². The highest BCUT2D eigenvalue weighted by Crippen LogP contribution is 2.29. The van der Waals surface area contributed by atoms with Crippen LogP contribution in [0.2, 0.25) is 0 Å². The molecule has 0 aromatic carbocycles. The van der Waals surface area contributed by atoms with Gasteiger partial charge in [0.1, 0.15) is 9.71 Å². The zero-order chi connectivity index (χ0) is 15.0. The highest BCUT2D eigenvalue weighted by atomic mass is 32.1. The van der Waals surface area contributed by atoms with Crippen molar-refractivity contribution < 1.29 is 9.53 Å². The molecule has 0 radical (unpaired) electrons. The number of aryl methyl sites for hydroxylation is 2. The maximum absolute atomic E-state index is 12.2. The summed E-state index contributed by atoms with van der Waals surface area (Å²) in [6, 6.07) is 1.90. The Morgan fingerprint density at radius 1 is 1.48 bits per heavy atom. The van der Waals surface area contributed by atoms with Crippen LogP contribution in [0.4, 0.5) is 0 Å². The smallest absolute Gasteiger partial charge is 0.348 e. The standard InChI is InChI=1S/C16H20N2O2S/c1-10-6-4-5-7-12(10)9-20-16(19)14-8-13-11(2)17-18(3)15(13)21-14/h4-5,8,10,12H,6-7,9H2,1-3H3. The third kappa shape index (κ3) is 2.75. The first-order valence-electron chi connectivity index (χ1n) is 7.31. The minimum atomic E-state index is -0.211. The van der Waals surface area contributed by atoms with Crippen molar-refractivity contribution in [2.75, 3.05) is 6.61 Å². The number of aromatic nitrogens is 2. The van der Waals surface area contributed by atoms with E-state index in [-0.39, 0.29) is 5.97 Å². The van der Waals surface area contributed by atoms with Gasteiger partial charge in [-0.1, -0.05) is 19.1 Å². The number of rotatable bonds is 3. The van der Waals surface area contributed by atoms with E-state index in [1.54, 1.807) is 0 Å². The van der Waals surface area contributed by atoms with E-state index in [2.05, 4.69) is 24.2 Å². The summed E-state index contributed by atoms with van der Waals surface area (Å²) in [5.41, 5.74) is 0.953. The molecular weight excluding hydrogens is 284 g/mol. The summed E-state index contributed by atoms with van der Waals surface area (Å²) in [5, 5.41) is 5.39. The van der Waals surface area contributed by atoms with E-state index in [1.165, 1.54) is 11.3 Å². The van der Waals surface area contributed by atoms with Crippen LogP contribution in [0.5, 0.6) is 0 Å². The van der Waals surface area contributed by atoms with Crippen molar-refractivity contribution >= 4 is 27.5 Å². The second-order valence-electron chi connectivity index (χ2n) is 5.82. The first-order valence-corrected chi connectivity index (χ1v) is 8.13. The van der Waals surface area contributed by atoms with Crippen LogP contribution in [0.25, 0.3) is 10.2 Å². The van der Waals surface area contributed by atoms with Gasteiger partial charge in [-0.05, 0) is 37.7 Å². The summed E-state index contributed by atoms with van der Waals surface area (Å²) in [4.78, 5) is 13.9. The minimum Gasteiger partial charge on any atom is -0.461 e. The molecule has 2 atom stereocenters. The summed E-state index contributed by atoms with van der Waals surface area (Å²) in [6.07, 6.45) is 6.48. The number of fused-ring (bicyclic) bond motifs is 1. The molecule has 0 fully saturated rings. The fourth-order valence-corrected chi connectivity index (χ4v) is 3.82. The maximum Gasteiger partial charge on any atom is 0.348 e. The molecule has 1 aliphatic rings. The molecule has 0 saturated carbocycles. The largest absolute Gasteiger partial charge is 0.461 e. The number of carbonyl (C=O) groups excluding carboxylic acids is 1. The summed E-state index contributed by atoms with van der Waals surface area (Å²) in [5.74, 6) is 0.811. The highest BCUT2D eigenvalue weighted by molar-refractivity contribution is 7.20. The minimum absolute atomic E-state index is 0.211. The third-order valence-electron chi connectivity index (χ3n) is 4.24. The summed E-state index contributed by atoms with van der Waals surface area (Å²) < 4.78 is 7.34. The molecular formula is C16H20N2O2S. The Bertz CT molecular complexity index is 664. The first kappa shape index (κ1) is 14.3. The topological polar surface area (TPSA) is 44.1 Å². The van der Waals surface area contributed by atoms with Crippen molar-refractivity contribution in [1.29, 1.82) is 0 Å². The quantitative estimate of drug-likeness (QED) is 0.641. The van der Waals surface area contributed by atoms with E-state index in [9.17, 15) is 4.79 Å². The molecule has 0 amide bonds. The van der Waals surface area contributed by atoms with Gasteiger partial charge in [0.25, 0.3) is 0 Å². The molecule has 2 heterocycles. The van der Waals surface area contributed by atoms with Crippen molar-refractivity contribution in [1.82, 2.24) is 9.78 Å². The fourth-order valence-electron chi connectivity index (χ4n) is 2.80. The van der Waals surface area contributed by atoms with Gasteiger partial charge in [-0.2, -0.15) is 5.10 Å². The monoisotopic (exact) mass is 304 g/mol. The van der Waals surface area contributed by atoms with Crippen molar-refractivity contribution in [3.8, 4) is 0 Å². The number of allylic oxidation sites excluding steroid dienone is 2. The molecule has 1 aliphatic carbocycles. The number of hydrogen-bond acceptors (Lipinski definition) is 4. The van der Waals surface area contributed by atoms with Gasteiger partial charge in [0.05, 0.1) is 12.3 Å². The van der Waals surface area contributed by atoms with Crippen LogP contribution in [-0.4, -0.2) is 22.4 Å². The Morgan fingerprint density at radius 2 is 2.24 bits per heavy atom. The van der Waals surface area contributed by atoms with Crippen LogP contribution < -0.4 is 0 Å². The van der Waals surface area contributed by atoms with Crippen LogP contribution >= 0.6 is 11.3 Å². The number of nitrogens with zero attached hydrogens (tertiary/aromatic N) is 2. The maximum atomic E-state index is 12.2. The van der Waals surface area contributed by atoms with Crippen LogP contribution in [0.15, 0.2) is 18.2 Å². The van der Waals surface area contributed by atoms with E-state index in [0.717, 1.165) is 28.8 Å². The van der Waals surface area contributed by atoms with Crippen molar-refractivity contribution in [2.24, 2.45) is 18.9 Å². The Hall–Kier alpha value is -1.62. The van der Waals surface area contributed by atoms with E-state index < -0.39 is 0 Å². The van der Waals surface area contributed by atoms with Crippen molar-refractivity contribution in [2.45, 2.75) is 26.7 Å². The molecule has 0 saturated heterocycles. The normalized spacial score (nSPS) is 21.9. The van der Waals surface area contributed by atoms with Crippen LogP contribution in [0, 0.1) is 18.8 Å². The van der Waals surface area contributed by atoms with Gasteiger partial charge in [0, 0.05) is 12.4 Å². The fraction of sp³-hybridized carbons (Fsp3) is 0.500. The van der Waals surface area contributed by atoms with E-state index in [1.807, 2.05) is 24.7 Å². The molecule has 21 heavy (non-hydrogen) atoms. The summed E-state index contributed by atoms with van der Waals surface area (Å²) in [6.45, 7) is 4.69. The second-order valence-corrected chi connectivity index (χ2v) is 6.85. The molecule has 112 valence electrons. The average molecular weight is 304 g/mol. The van der Waals surface area contributed by atoms with Gasteiger partial charge in [-0.25, -0.2) is 4.79 Å². The third-order valence-corrected chi connectivity index (χ3v) is 5.43. The van der Waals surface area contributed by atoms with Gasteiger partial charge < -0.3 is 4.74 Å². The Kier molecular flexibility index (Phi) is 3.85. The van der Waals surface area contributed by atoms with E-state index in [0.29, 0.717) is 23.3 Å². The summed E-state index contributed by atoms with van der Waals surface area (Å²) >= 11 is 1.45. The molecule has 0 bridgehead atoms. The zero-order valence-corrected chi connectivity index (χ0v) is 13.4. The van der Waals surface area contributed by atoms with Gasteiger partial charge in [-0.3, -0.25) is 4.68 Å². The van der Waals surface area contributed by atoms with Crippen molar-refractivity contribution in [3.63, 3.8) is 0 Å². The lowest BCUT2D eigenvalue weighted by atomic mass is 9.85. The van der Waals surface area contributed by atoms with Gasteiger partial charge in [0.15, 0.2) is 0 Å². The molecule has 4 nitrogen and oxygen atoms in total. The molecule has 2 aromatic heterocycles. The molecule has 2 unspecified atom stereocenters. The van der Waals surface area contributed by atoms with Crippen molar-refractivity contribution in [3.05, 3.63) is 28.8 Å². The predicted octanol–water partition coefficient (Wildman–Crippen LogP) is 3.70. The molecule has 3 rings (SSSR count). The van der Waals surface area contributed by atoms with Crippen LogP contribution in [-0.2, 0) is 11.8 Å². The number of ether oxygens (including phenoxy) is 1. The zero-order valence-electron chi connectivity index (χ0n) is 12.6. The lowest BCUT2D eigenvalue weighted by Crippen LogP contribution is -2.21. The number of thiophene rings is 1. The first-order chi connectivity index (χ1) is 10.1. The highest BCUT2D eigenvalue weighted by Gasteiger charge is 2.22. The second kappa shape index (κ2) is 5.64.